The Bertz CT molecular complexity index is 777. The van der Waals surface area contributed by atoms with Crippen molar-refractivity contribution in [3.63, 3.8) is 0 Å². The summed E-state index contributed by atoms with van der Waals surface area (Å²) in [4.78, 5) is 24.0. The highest BCUT2D eigenvalue weighted by Gasteiger charge is 2.20. The van der Waals surface area contributed by atoms with Gasteiger partial charge in [-0.3, -0.25) is 10.1 Å². The molecule has 0 fully saturated rings. The summed E-state index contributed by atoms with van der Waals surface area (Å²) in [5.74, 6) is 0.679. The minimum absolute atomic E-state index is 0.159. The molecule has 0 aliphatic carbocycles. The van der Waals surface area contributed by atoms with Crippen LogP contribution in [0.15, 0.2) is 40.8 Å². The van der Waals surface area contributed by atoms with E-state index in [1.807, 2.05) is 26.8 Å². The van der Waals surface area contributed by atoms with E-state index in [2.05, 4.69) is 10.6 Å². The normalized spacial score (nSPS) is 11.8. The van der Waals surface area contributed by atoms with Gasteiger partial charge in [-0.2, -0.15) is 0 Å². The lowest BCUT2D eigenvalue weighted by Crippen LogP contribution is -2.27. The fourth-order valence-electron chi connectivity index (χ4n) is 2.11. The molecule has 0 atom stereocenters. The van der Waals surface area contributed by atoms with Crippen molar-refractivity contribution in [3.05, 3.63) is 47.9 Å². The maximum Gasteiger partial charge on any atom is 0.412 e. The molecular weight excluding hydrogens is 332 g/mol. The second-order valence-electron chi connectivity index (χ2n) is 8.07. The standard InChI is InChI=1S/C20H26N2O4/c1-19(2,3)16-12-11-15(25-16)17(23)21-13-7-9-14(10-8-13)22-18(24)26-20(4,5)6/h7-12H,1-6H3,(H,21,23)(H,22,24). The fraction of sp³-hybridized carbons (Fsp3) is 0.400. The average molecular weight is 358 g/mol. The number of rotatable bonds is 3. The third-order valence-corrected chi connectivity index (χ3v) is 3.36. The van der Waals surface area contributed by atoms with Crippen LogP contribution < -0.4 is 10.6 Å². The van der Waals surface area contributed by atoms with E-state index in [1.165, 1.54) is 0 Å². The topological polar surface area (TPSA) is 80.6 Å². The van der Waals surface area contributed by atoms with Crippen LogP contribution >= 0.6 is 0 Å². The number of anilines is 2. The highest BCUT2D eigenvalue weighted by Crippen LogP contribution is 2.25. The number of ether oxygens (including phenoxy) is 1. The molecule has 1 aromatic heterocycles. The molecule has 0 aliphatic rings. The Kier molecular flexibility index (Phi) is 5.44. The molecule has 0 spiro atoms. The summed E-state index contributed by atoms with van der Waals surface area (Å²) in [7, 11) is 0. The second kappa shape index (κ2) is 7.23. The van der Waals surface area contributed by atoms with E-state index in [9.17, 15) is 9.59 Å². The number of furan rings is 1. The average Bonchev–Trinajstić information content (AvgIpc) is 2.97. The number of carbonyl (C=O) groups excluding carboxylic acids is 2. The fourth-order valence-corrected chi connectivity index (χ4v) is 2.11. The number of carbonyl (C=O) groups is 2. The molecule has 0 saturated heterocycles. The van der Waals surface area contributed by atoms with Gasteiger partial charge in [-0.05, 0) is 57.2 Å². The van der Waals surface area contributed by atoms with Crippen LogP contribution in [-0.2, 0) is 10.2 Å². The van der Waals surface area contributed by atoms with E-state index in [0.717, 1.165) is 5.76 Å². The maximum absolute atomic E-state index is 12.3. The molecule has 26 heavy (non-hydrogen) atoms. The summed E-state index contributed by atoms with van der Waals surface area (Å²) in [6.45, 7) is 11.4. The molecule has 140 valence electrons. The lowest BCUT2D eigenvalue weighted by molar-refractivity contribution is 0.0635. The Morgan fingerprint density at radius 2 is 1.38 bits per heavy atom. The molecule has 0 saturated carbocycles. The zero-order chi connectivity index (χ0) is 19.5. The third-order valence-electron chi connectivity index (χ3n) is 3.36. The Morgan fingerprint density at radius 3 is 1.85 bits per heavy atom. The molecule has 0 aliphatic heterocycles. The molecule has 1 heterocycles. The first-order valence-corrected chi connectivity index (χ1v) is 8.46. The van der Waals surface area contributed by atoms with Crippen LogP contribution in [0.2, 0.25) is 0 Å². The van der Waals surface area contributed by atoms with Gasteiger partial charge in [0.1, 0.15) is 11.4 Å². The van der Waals surface area contributed by atoms with Crippen molar-refractivity contribution in [2.75, 3.05) is 10.6 Å². The summed E-state index contributed by atoms with van der Waals surface area (Å²) in [5.41, 5.74) is 0.448. The SMILES string of the molecule is CC(C)(C)OC(=O)Nc1ccc(NC(=O)c2ccc(C(C)(C)C)o2)cc1. The van der Waals surface area contributed by atoms with Crippen LogP contribution in [-0.4, -0.2) is 17.6 Å². The largest absolute Gasteiger partial charge is 0.455 e. The monoisotopic (exact) mass is 358 g/mol. The van der Waals surface area contributed by atoms with Crippen molar-refractivity contribution in [1.82, 2.24) is 0 Å². The van der Waals surface area contributed by atoms with Gasteiger partial charge in [0.05, 0.1) is 0 Å². The highest BCUT2D eigenvalue weighted by atomic mass is 16.6. The number of benzene rings is 1. The van der Waals surface area contributed by atoms with Gasteiger partial charge in [0.25, 0.3) is 5.91 Å². The van der Waals surface area contributed by atoms with Gasteiger partial charge in [0.15, 0.2) is 5.76 Å². The van der Waals surface area contributed by atoms with Crippen LogP contribution in [0.25, 0.3) is 0 Å². The lowest BCUT2D eigenvalue weighted by Gasteiger charge is -2.19. The molecule has 0 radical (unpaired) electrons. The summed E-state index contributed by atoms with van der Waals surface area (Å²) >= 11 is 0. The third kappa shape index (κ3) is 5.65. The van der Waals surface area contributed by atoms with Gasteiger partial charge in [-0.15, -0.1) is 0 Å². The van der Waals surface area contributed by atoms with E-state index in [-0.39, 0.29) is 17.1 Å². The van der Waals surface area contributed by atoms with Gasteiger partial charge in [0, 0.05) is 16.8 Å². The molecule has 6 heteroatoms. The first kappa shape index (κ1) is 19.6. The van der Waals surface area contributed by atoms with Gasteiger partial charge >= 0.3 is 6.09 Å². The first-order chi connectivity index (χ1) is 11.9. The summed E-state index contributed by atoms with van der Waals surface area (Å²) in [6, 6.07) is 10.2. The van der Waals surface area contributed by atoms with Crippen molar-refractivity contribution in [2.24, 2.45) is 0 Å². The Balaban J connectivity index is 1.97. The smallest absolute Gasteiger partial charge is 0.412 e. The predicted molar refractivity (Wildman–Crippen MR) is 102 cm³/mol. The molecular formula is C20H26N2O4. The number of nitrogens with one attached hydrogen (secondary N) is 2. The van der Waals surface area contributed by atoms with E-state index in [1.54, 1.807) is 51.1 Å². The van der Waals surface area contributed by atoms with Crippen molar-refractivity contribution in [2.45, 2.75) is 52.6 Å². The molecule has 0 bridgehead atoms. The van der Waals surface area contributed by atoms with Crippen LogP contribution in [0.4, 0.5) is 16.2 Å². The van der Waals surface area contributed by atoms with Crippen molar-refractivity contribution in [3.8, 4) is 0 Å². The summed E-state index contributed by atoms with van der Waals surface area (Å²) < 4.78 is 10.8. The van der Waals surface area contributed by atoms with Gasteiger partial charge in [0.2, 0.25) is 0 Å². The second-order valence-corrected chi connectivity index (χ2v) is 8.07. The minimum Gasteiger partial charge on any atom is -0.455 e. The Morgan fingerprint density at radius 1 is 0.846 bits per heavy atom. The van der Waals surface area contributed by atoms with Gasteiger partial charge in [-0.1, -0.05) is 20.8 Å². The Hall–Kier alpha value is -2.76. The molecule has 6 nitrogen and oxygen atoms in total. The lowest BCUT2D eigenvalue weighted by atomic mass is 9.94. The highest BCUT2D eigenvalue weighted by molar-refractivity contribution is 6.02. The van der Waals surface area contributed by atoms with E-state index < -0.39 is 11.7 Å². The van der Waals surface area contributed by atoms with E-state index in [0.29, 0.717) is 11.4 Å². The molecule has 2 amide bonds. The summed E-state index contributed by atoms with van der Waals surface area (Å²) in [5, 5.41) is 5.40. The van der Waals surface area contributed by atoms with Crippen LogP contribution in [0.1, 0.15) is 57.9 Å². The van der Waals surface area contributed by atoms with Crippen molar-refractivity contribution in [1.29, 1.82) is 0 Å². The van der Waals surface area contributed by atoms with Gasteiger partial charge < -0.3 is 14.5 Å². The maximum atomic E-state index is 12.3. The van der Waals surface area contributed by atoms with E-state index >= 15 is 0 Å². The number of hydrogen-bond acceptors (Lipinski definition) is 4. The number of hydrogen-bond donors (Lipinski definition) is 2. The molecule has 1 aromatic carbocycles. The zero-order valence-corrected chi connectivity index (χ0v) is 16.1. The zero-order valence-electron chi connectivity index (χ0n) is 16.1. The first-order valence-electron chi connectivity index (χ1n) is 8.46. The summed E-state index contributed by atoms with van der Waals surface area (Å²) in [6.07, 6.45) is -0.528. The molecule has 2 aromatic rings. The minimum atomic E-state index is -0.563. The quantitative estimate of drug-likeness (QED) is 0.792. The van der Waals surface area contributed by atoms with Crippen LogP contribution in [0.3, 0.4) is 0 Å². The van der Waals surface area contributed by atoms with Crippen molar-refractivity contribution < 1.29 is 18.7 Å². The predicted octanol–water partition coefficient (Wildman–Crippen LogP) is 5.18. The Labute approximate surface area is 153 Å². The molecule has 2 rings (SSSR count). The molecule has 0 unspecified atom stereocenters. The van der Waals surface area contributed by atoms with Crippen LogP contribution in [0.5, 0.6) is 0 Å². The number of amides is 2. The van der Waals surface area contributed by atoms with Crippen LogP contribution in [0, 0.1) is 0 Å². The van der Waals surface area contributed by atoms with Crippen molar-refractivity contribution >= 4 is 23.4 Å². The van der Waals surface area contributed by atoms with E-state index in [4.69, 9.17) is 9.15 Å². The molecule has 2 N–H and O–H groups in total. The van der Waals surface area contributed by atoms with Gasteiger partial charge in [-0.25, -0.2) is 4.79 Å².